The molecule has 0 fully saturated rings. The third-order valence-corrected chi connectivity index (χ3v) is 3.20. The van der Waals surface area contributed by atoms with Crippen LogP contribution in [0, 0.1) is 0 Å². The highest BCUT2D eigenvalue weighted by molar-refractivity contribution is 7.80. The third-order valence-electron chi connectivity index (χ3n) is 2.77. The smallest absolute Gasteiger partial charge is 0.262 e. The van der Waals surface area contributed by atoms with E-state index in [9.17, 15) is 4.79 Å². The normalized spacial score (nSPS) is 17.4. The molecule has 2 N–H and O–H groups in total. The largest absolute Gasteiger partial charge is 0.477 e. The molecule has 6 heteroatoms. The van der Waals surface area contributed by atoms with Gasteiger partial charge in [0.15, 0.2) is 11.2 Å². The molecule has 96 valence electrons. The zero-order chi connectivity index (χ0) is 13.1. The van der Waals surface area contributed by atoms with Gasteiger partial charge in [-0.25, -0.2) is 0 Å². The van der Waals surface area contributed by atoms with Gasteiger partial charge < -0.3 is 20.3 Å². The van der Waals surface area contributed by atoms with Crippen molar-refractivity contribution in [2.24, 2.45) is 0 Å². The van der Waals surface area contributed by atoms with Gasteiger partial charge in [-0.15, -0.1) is 0 Å². The SMILES string of the molecule is CNC(=O)[C@@H]1CN(C(=S)NC)c2ccccc2O1. The highest BCUT2D eigenvalue weighted by atomic mass is 32.1. The summed E-state index contributed by atoms with van der Waals surface area (Å²) >= 11 is 5.25. The van der Waals surface area contributed by atoms with E-state index in [1.807, 2.05) is 29.2 Å². The zero-order valence-electron chi connectivity index (χ0n) is 10.3. The van der Waals surface area contributed by atoms with Crippen LogP contribution in [0.3, 0.4) is 0 Å². The van der Waals surface area contributed by atoms with Crippen LogP contribution in [0.5, 0.6) is 5.75 Å². The van der Waals surface area contributed by atoms with Crippen LogP contribution in [0.2, 0.25) is 0 Å². The van der Waals surface area contributed by atoms with Gasteiger partial charge in [0.1, 0.15) is 5.75 Å². The van der Waals surface area contributed by atoms with Gasteiger partial charge in [0.2, 0.25) is 0 Å². The van der Waals surface area contributed by atoms with Crippen LogP contribution in [0.1, 0.15) is 0 Å². The summed E-state index contributed by atoms with van der Waals surface area (Å²) in [4.78, 5) is 13.6. The Balaban J connectivity index is 2.35. The van der Waals surface area contributed by atoms with E-state index in [1.165, 1.54) is 0 Å². The number of rotatable bonds is 1. The first-order chi connectivity index (χ1) is 8.67. The van der Waals surface area contributed by atoms with Gasteiger partial charge in [-0.2, -0.15) is 0 Å². The monoisotopic (exact) mass is 265 g/mol. The lowest BCUT2D eigenvalue weighted by molar-refractivity contribution is -0.127. The Kier molecular flexibility index (Phi) is 3.66. The van der Waals surface area contributed by atoms with Crippen LogP contribution < -0.4 is 20.3 Å². The average molecular weight is 265 g/mol. The van der Waals surface area contributed by atoms with Crippen LogP contribution in [0.4, 0.5) is 5.69 Å². The molecular weight excluding hydrogens is 250 g/mol. The molecular formula is C12H15N3O2S. The summed E-state index contributed by atoms with van der Waals surface area (Å²) in [6, 6.07) is 7.52. The van der Waals surface area contributed by atoms with Crippen LogP contribution in [-0.2, 0) is 4.79 Å². The first-order valence-corrected chi connectivity index (χ1v) is 6.04. The Morgan fingerprint density at radius 2 is 2.11 bits per heavy atom. The second-order valence-electron chi connectivity index (χ2n) is 3.85. The summed E-state index contributed by atoms with van der Waals surface area (Å²) < 4.78 is 5.67. The second kappa shape index (κ2) is 5.22. The van der Waals surface area contributed by atoms with Crippen LogP contribution in [0.15, 0.2) is 24.3 Å². The van der Waals surface area contributed by atoms with Crippen molar-refractivity contribution in [2.45, 2.75) is 6.10 Å². The van der Waals surface area contributed by atoms with Gasteiger partial charge in [-0.3, -0.25) is 4.79 Å². The highest BCUT2D eigenvalue weighted by Crippen LogP contribution is 2.33. The summed E-state index contributed by atoms with van der Waals surface area (Å²) in [5, 5.41) is 6.08. The average Bonchev–Trinajstić information content (AvgIpc) is 2.44. The van der Waals surface area contributed by atoms with E-state index in [0.29, 0.717) is 17.4 Å². The van der Waals surface area contributed by atoms with Gasteiger partial charge in [-0.1, -0.05) is 12.1 Å². The zero-order valence-corrected chi connectivity index (χ0v) is 11.1. The fourth-order valence-corrected chi connectivity index (χ4v) is 2.03. The maximum absolute atomic E-state index is 11.7. The molecule has 1 atom stereocenters. The molecule has 2 rings (SSSR count). The minimum absolute atomic E-state index is 0.159. The maximum atomic E-state index is 11.7. The number of para-hydroxylation sites is 2. The number of nitrogens with one attached hydrogen (secondary N) is 2. The summed E-state index contributed by atoms with van der Waals surface area (Å²) in [6.45, 7) is 0.399. The number of nitrogens with zero attached hydrogens (tertiary/aromatic N) is 1. The molecule has 0 unspecified atom stereocenters. The predicted molar refractivity (Wildman–Crippen MR) is 73.9 cm³/mol. The topological polar surface area (TPSA) is 53.6 Å². The number of thiocarbonyl (C=S) groups is 1. The van der Waals surface area contributed by atoms with Crippen LogP contribution in [0.25, 0.3) is 0 Å². The number of fused-ring (bicyclic) bond motifs is 1. The van der Waals surface area contributed by atoms with Gasteiger partial charge in [0, 0.05) is 14.1 Å². The molecule has 18 heavy (non-hydrogen) atoms. The fourth-order valence-electron chi connectivity index (χ4n) is 1.86. The minimum Gasteiger partial charge on any atom is -0.477 e. The Morgan fingerprint density at radius 1 is 1.39 bits per heavy atom. The Bertz CT molecular complexity index is 478. The molecule has 5 nitrogen and oxygen atoms in total. The first-order valence-electron chi connectivity index (χ1n) is 5.64. The van der Waals surface area contributed by atoms with E-state index in [1.54, 1.807) is 14.1 Å². The Hall–Kier alpha value is -1.82. The standard InChI is InChI=1S/C12H15N3O2S/c1-13-11(16)10-7-15(12(18)14-2)8-5-3-4-6-9(8)17-10/h3-6,10H,7H2,1-2H3,(H,13,16)(H,14,18)/t10-/m0/s1. The maximum Gasteiger partial charge on any atom is 0.262 e. The molecule has 1 aromatic rings. The molecule has 1 heterocycles. The van der Waals surface area contributed by atoms with Gasteiger partial charge in [-0.05, 0) is 24.4 Å². The van der Waals surface area contributed by atoms with Crippen molar-refractivity contribution >= 4 is 28.9 Å². The van der Waals surface area contributed by atoms with Gasteiger partial charge >= 0.3 is 0 Å². The van der Waals surface area contributed by atoms with E-state index in [-0.39, 0.29) is 5.91 Å². The van der Waals surface area contributed by atoms with E-state index in [4.69, 9.17) is 17.0 Å². The van der Waals surface area contributed by atoms with Crippen molar-refractivity contribution in [1.29, 1.82) is 0 Å². The quantitative estimate of drug-likeness (QED) is 0.724. The van der Waals surface area contributed by atoms with Crippen molar-refractivity contribution in [1.82, 2.24) is 10.6 Å². The number of likely N-dealkylation sites (N-methyl/N-ethyl adjacent to an activating group) is 1. The molecule has 0 aliphatic carbocycles. The lowest BCUT2D eigenvalue weighted by Gasteiger charge is -2.35. The highest BCUT2D eigenvalue weighted by Gasteiger charge is 2.31. The Morgan fingerprint density at radius 3 is 2.78 bits per heavy atom. The van der Waals surface area contributed by atoms with E-state index >= 15 is 0 Å². The number of carbonyl (C=O) groups is 1. The summed E-state index contributed by atoms with van der Waals surface area (Å²) in [5.74, 6) is 0.503. The fraction of sp³-hybridized carbons (Fsp3) is 0.333. The van der Waals surface area contributed by atoms with Gasteiger partial charge in [0.25, 0.3) is 5.91 Å². The molecule has 1 amide bonds. The third kappa shape index (κ3) is 2.24. The van der Waals surface area contributed by atoms with Crippen LogP contribution in [-0.4, -0.2) is 37.8 Å². The number of carbonyl (C=O) groups excluding carboxylic acids is 1. The summed E-state index contributed by atoms with van der Waals surface area (Å²) in [7, 11) is 3.35. The lowest BCUT2D eigenvalue weighted by atomic mass is 10.2. The van der Waals surface area contributed by atoms with Crippen molar-refractivity contribution < 1.29 is 9.53 Å². The number of hydrogen-bond acceptors (Lipinski definition) is 3. The molecule has 1 aromatic carbocycles. The second-order valence-corrected chi connectivity index (χ2v) is 4.24. The van der Waals surface area contributed by atoms with Crippen molar-refractivity contribution in [3.63, 3.8) is 0 Å². The summed E-state index contributed by atoms with van der Waals surface area (Å²) in [5.41, 5.74) is 0.872. The molecule has 1 aliphatic heterocycles. The van der Waals surface area contributed by atoms with E-state index in [2.05, 4.69) is 10.6 Å². The molecule has 0 bridgehead atoms. The molecule has 0 saturated carbocycles. The number of anilines is 1. The lowest BCUT2D eigenvalue weighted by Crippen LogP contribution is -2.52. The number of benzene rings is 1. The van der Waals surface area contributed by atoms with Crippen molar-refractivity contribution in [3.05, 3.63) is 24.3 Å². The molecule has 0 aromatic heterocycles. The number of ether oxygens (including phenoxy) is 1. The van der Waals surface area contributed by atoms with Crippen LogP contribution >= 0.6 is 12.2 Å². The van der Waals surface area contributed by atoms with Gasteiger partial charge in [0.05, 0.1) is 12.2 Å². The van der Waals surface area contributed by atoms with Crippen molar-refractivity contribution in [2.75, 3.05) is 25.5 Å². The first kappa shape index (κ1) is 12.6. The molecule has 0 radical (unpaired) electrons. The van der Waals surface area contributed by atoms with E-state index < -0.39 is 6.10 Å². The van der Waals surface area contributed by atoms with E-state index in [0.717, 1.165) is 5.69 Å². The molecule has 0 spiro atoms. The predicted octanol–water partition coefficient (Wildman–Crippen LogP) is 0.504. The number of hydrogen-bond donors (Lipinski definition) is 2. The van der Waals surface area contributed by atoms with Crippen molar-refractivity contribution in [3.8, 4) is 5.75 Å². The number of amides is 1. The minimum atomic E-state index is -0.559. The molecule has 1 aliphatic rings. The summed E-state index contributed by atoms with van der Waals surface area (Å²) in [6.07, 6.45) is -0.559. The molecule has 0 saturated heterocycles. The Labute approximate surface area is 111 Å².